The Hall–Kier alpha value is -1.88. The molecule has 0 saturated heterocycles. The molecule has 0 aliphatic rings. The zero-order valence-corrected chi connectivity index (χ0v) is 12.0. The third kappa shape index (κ3) is 3.12. The molecular formula is C14H13BrN2O2. The molecule has 0 aliphatic carbocycles. The van der Waals surface area contributed by atoms with Gasteiger partial charge in [0.2, 0.25) is 0 Å². The van der Waals surface area contributed by atoms with Crippen molar-refractivity contribution in [2.45, 2.75) is 13.5 Å². The maximum absolute atomic E-state index is 10.9. The van der Waals surface area contributed by atoms with Gasteiger partial charge in [0, 0.05) is 28.3 Å². The summed E-state index contributed by atoms with van der Waals surface area (Å²) < 4.78 is 0.980. The van der Waals surface area contributed by atoms with E-state index in [1.807, 2.05) is 25.1 Å². The highest BCUT2D eigenvalue weighted by Gasteiger charge is 2.12. The molecule has 2 aromatic rings. The van der Waals surface area contributed by atoms with Crippen LogP contribution >= 0.6 is 15.9 Å². The van der Waals surface area contributed by atoms with Crippen LogP contribution in [0.15, 0.2) is 46.9 Å². The summed E-state index contributed by atoms with van der Waals surface area (Å²) in [6, 6.07) is 12.6. The van der Waals surface area contributed by atoms with Gasteiger partial charge in [0.15, 0.2) is 0 Å². The molecule has 0 spiro atoms. The number of hydrogen-bond donors (Lipinski definition) is 1. The van der Waals surface area contributed by atoms with E-state index >= 15 is 0 Å². The number of hydrogen-bond acceptors (Lipinski definition) is 3. The second kappa shape index (κ2) is 5.84. The fraction of sp³-hybridized carbons (Fsp3) is 0.143. The summed E-state index contributed by atoms with van der Waals surface area (Å²) in [7, 11) is 0. The van der Waals surface area contributed by atoms with Crippen LogP contribution in [0, 0.1) is 17.0 Å². The summed E-state index contributed by atoms with van der Waals surface area (Å²) in [5.41, 5.74) is 2.85. The Kier molecular flexibility index (Phi) is 4.16. The Morgan fingerprint density at radius 2 is 1.95 bits per heavy atom. The molecule has 2 aromatic carbocycles. The third-order valence-corrected chi connectivity index (χ3v) is 3.90. The summed E-state index contributed by atoms with van der Waals surface area (Å²) in [5.74, 6) is 0. The molecule has 19 heavy (non-hydrogen) atoms. The van der Waals surface area contributed by atoms with Crippen molar-refractivity contribution in [1.29, 1.82) is 0 Å². The average Bonchev–Trinajstić information content (AvgIpc) is 2.40. The fourth-order valence-electron chi connectivity index (χ4n) is 1.81. The molecule has 1 N–H and O–H groups in total. The van der Waals surface area contributed by atoms with E-state index in [0.29, 0.717) is 12.1 Å². The van der Waals surface area contributed by atoms with Gasteiger partial charge in [-0.2, -0.15) is 0 Å². The van der Waals surface area contributed by atoms with E-state index in [1.54, 1.807) is 18.2 Å². The first-order valence-electron chi connectivity index (χ1n) is 5.81. The minimum atomic E-state index is -0.359. The number of benzene rings is 2. The lowest BCUT2D eigenvalue weighted by molar-refractivity contribution is -0.385. The van der Waals surface area contributed by atoms with Gasteiger partial charge >= 0.3 is 0 Å². The molecule has 0 saturated carbocycles. The number of nitrogens with one attached hydrogen (secondary N) is 1. The average molecular weight is 321 g/mol. The van der Waals surface area contributed by atoms with Gasteiger partial charge in [0.25, 0.3) is 5.69 Å². The Morgan fingerprint density at radius 3 is 2.68 bits per heavy atom. The van der Waals surface area contributed by atoms with Gasteiger partial charge in [-0.3, -0.25) is 10.1 Å². The van der Waals surface area contributed by atoms with Crippen LogP contribution in [-0.2, 0) is 6.54 Å². The summed E-state index contributed by atoms with van der Waals surface area (Å²) in [6.07, 6.45) is 0. The number of halogens is 1. The van der Waals surface area contributed by atoms with Crippen LogP contribution in [0.4, 0.5) is 11.4 Å². The van der Waals surface area contributed by atoms with Gasteiger partial charge < -0.3 is 5.32 Å². The van der Waals surface area contributed by atoms with E-state index in [9.17, 15) is 10.1 Å². The largest absolute Gasteiger partial charge is 0.380 e. The molecule has 0 heterocycles. The van der Waals surface area contributed by atoms with Crippen LogP contribution in [0.1, 0.15) is 11.1 Å². The van der Waals surface area contributed by atoms with Crippen molar-refractivity contribution < 1.29 is 4.92 Å². The van der Waals surface area contributed by atoms with E-state index in [4.69, 9.17) is 0 Å². The predicted octanol–water partition coefficient (Wildman–Crippen LogP) is 4.28. The molecule has 98 valence electrons. The molecule has 0 unspecified atom stereocenters. The van der Waals surface area contributed by atoms with Gasteiger partial charge in [-0.05, 0) is 34.5 Å². The highest BCUT2D eigenvalue weighted by atomic mass is 79.9. The molecule has 0 atom stereocenters. The third-order valence-electron chi connectivity index (χ3n) is 2.85. The predicted molar refractivity (Wildman–Crippen MR) is 79.3 cm³/mol. The number of aryl methyl sites for hydroxylation is 1. The van der Waals surface area contributed by atoms with Crippen molar-refractivity contribution in [3.63, 3.8) is 0 Å². The zero-order valence-electron chi connectivity index (χ0n) is 10.4. The normalized spacial score (nSPS) is 10.2. The number of nitrogens with zero attached hydrogens (tertiary/aromatic N) is 1. The van der Waals surface area contributed by atoms with Crippen molar-refractivity contribution in [2.75, 3.05) is 5.32 Å². The van der Waals surface area contributed by atoms with Crippen LogP contribution in [0.2, 0.25) is 0 Å². The van der Waals surface area contributed by atoms with Gasteiger partial charge in [-0.25, -0.2) is 0 Å². The topological polar surface area (TPSA) is 55.2 Å². The van der Waals surface area contributed by atoms with Crippen molar-refractivity contribution in [2.24, 2.45) is 0 Å². The number of anilines is 1. The first-order valence-corrected chi connectivity index (χ1v) is 6.60. The molecule has 0 aliphatic heterocycles. The van der Waals surface area contributed by atoms with Gasteiger partial charge in [-0.1, -0.05) is 30.3 Å². The first kappa shape index (κ1) is 13.5. The number of nitro groups is 1. The number of rotatable bonds is 4. The monoisotopic (exact) mass is 320 g/mol. The number of nitro benzene ring substituents is 1. The van der Waals surface area contributed by atoms with Crippen LogP contribution in [0.3, 0.4) is 0 Å². The maximum Gasteiger partial charge on any atom is 0.274 e. The molecule has 0 amide bonds. The van der Waals surface area contributed by atoms with E-state index < -0.39 is 0 Å². The summed E-state index contributed by atoms with van der Waals surface area (Å²) in [6.45, 7) is 2.42. The van der Waals surface area contributed by atoms with Crippen molar-refractivity contribution in [3.05, 3.63) is 68.2 Å². The van der Waals surface area contributed by atoms with Gasteiger partial charge in [-0.15, -0.1) is 0 Å². The van der Waals surface area contributed by atoms with E-state index in [0.717, 1.165) is 15.7 Å². The molecule has 0 radical (unpaired) electrons. The Balaban J connectivity index is 2.19. The molecule has 4 nitrogen and oxygen atoms in total. The molecule has 0 bridgehead atoms. The zero-order chi connectivity index (χ0) is 13.8. The van der Waals surface area contributed by atoms with E-state index in [-0.39, 0.29) is 10.6 Å². The van der Waals surface area contributed by atoms with Crippen molar-refractivity contribution in [3.8, 4) is 0 Å². The molecular weight excluding hydrogens is 308 g/mol. The van der Waals surface area contributed by atoms with Crippen molar-refractivity contribution >= 4 is 27.3 Å². The number of para-hydroxylation sites is 1. The van der Waals surface area contributed by atoms with Gasteiger partial charge in [0.05, 0.1) is 4.92 Å². The molecule has 2 rings (SSSR count). The van der Waals surface area contributed by atoms with E-state index in [1.165, 1.54) is 6.07 Å². The van der Waals surface area contributed by atoms with Crippen LogP contribution in [0.25, 0.3) is 0 Å². The SMILES string of the molecule is Cc1cccc(NCc2ccccc2[N+](=O)[O-])c1Br. The lowest BCUT2D eigenvalue weighted by Gasteiger charge is -2.10. The van der Waals surface area contributed by atoms with Gasteiger partial charge in [0.1, 0.15) is 0 Å². The minimum absolute atomic E-state index is 0.138. The molecule has 0 aromatic heterocycles. The minimum Gasteiger partial charge on any atom is -0.380 e. The highest BCUT2D eigenvalue weighted by Crippen LogP contribution is 2.27. The quantitative estimate of drug-likeness (QED) is 0.675. The Bertz CT molecular complexity index is 614. The summed E-state index contributed by atoms with van der Waals surface area (Å²) in [4.78, 5) is 10.6. The van der Waals surface area contributed by atoms with Crippen LogP contribution < -0.4 is 5.32 Å². The maximum atomic E-state index is 10.9. The Labute approximate surface area is 119 Å². The summed E-state index contributed by atoms with van der Waals surface area (Å²) in [5, 5.41) is 14.1. The highest BCUT2D eigenvalue weighted by molar-refractivity contribution is 9.10. The summed E-state index contributed by atoms with van der Waals surface area (Å²) >= 11 is 3.50. The second-order valence-corrected chi connectivity index (χ2v) is 4.97. The van der Waals surface area contributed by atoms with Crippen molar-refractivity contribution in [1.82, 2.24) is 0 Å². The fourth-order valence-corrected chi connectivity index (χ4v) is 2.22. The standard InChI is InChI=1S/C14H13BrN2O2/c1-10-5-4-7-12(14(10)15)16-9-11-6-2-3-8-13(11)17(18)19/h2-8,16H,9H2,1H3. The van der Waals surface area contributed by atoms with E-state index in [2.05, 4.69) is 21.2 Å². The lowest BCUT2D eigenvalue weighted by atomic mass is 10.1. The molecule has 5 heteroatoms. The molecule has 0 fully saturated rings. The lowest BCUT2D eigenvalue weighted by Crippen LogP contribution is -2.03. The van der Waals surface area contributed by atoms with Crippen LogP contribution in [-0.4, -0.2) is 4.92 Å². The first-order chi connectivity index (χ1) is 9.09. The Morgan fingerprint density at radius 1 is 1.21 bits per heavy atom. The smallest absolute Gasteiger partial charge is 0.274 e. The second-order valence-electron chi connectivity index (χ2n) is 4.18. The van der Waals surface area contributed by atoms with Crippen LogP contribution in [0.5, 0.6) is 0 Å².